The van der Waals surface area contributed by atoms with Crippen LogP contribution in [-0.4, -0.2) is 21.1 Å². The minimum Gasteiger partial charge on any atom is -0.503 e. The van der Waals surface area contributed by atoms with Crippen molar-refractivity contribution in [3.8, 4) is 5.75 Å². The molecule has 0 spiro atoms. The first kappa shape index (κ1) is 13.6. The van der Waals surface area contributed by atoms with Gasteiger partial charge < -0.3 is 9.67 Å². The highest BCUT2D eigenvalue weighted by Gasteiger charge is 2.30. The maximum Gasteiger partial charge on any atom is 0.223 e. The fraction of sp³-hybridized carbons (Fsp3) is 0.389. The van der Waals surface area contributed by atoms with E-state index in [0.29, 0.717) is 6.04 Å². The number of hydrogen-bond donors (Lipinski definition) is 1. The van der Waals surface area contributed by atoms with Crippen LogP contribution in [0.4, 0.5) is 0 Å². The van der Waals surface area contributed by atoms with Gasteiger partial charge in [0.15, 0.2) is 5.75 Å². The maximum absolute atomic E-state index is 11.7. The van der Waals surface area contributed by atoms with Crippen LogP contribution in [-0.2, 0) is 19.5 Å². The molecule has 1 aliphatic carbocycles. The van der Waals surface area contributed by atoms with Crippen LogP contribution >= 0.6 is 0 Å². The van der Waals surface area contributed by atoms with Gasteiger partial charge in [-0.1, -0.05) is 18.2 Å². The number of benzene rings is 1. The molecule has 0 saturated carbocycles. The van der Waals surface area contributed by atoms with Crippen LogP contribution in [0.3, 0.4) is 0 Å². The Bertz CT molecular complexity index is 794. The number of hydrogen-bond acceptors (Lipinski definition) is 3. The highest BCUT2D eigenvalue weighted by Crippen LogP contribution is 2.38. The van der Waals surface area contributed by atoms with E-state index < -0.39 is 0 Å². The SMILES string of the molecule is Cc1cccc2c1CCC2N1CCn2cc(O)c(=O)cc2C1. The van der Waals surface area contributed by atoms with Crippen LogP contribution in [0.1, 0.15) is 34.8 Å². The molecule has 22 heavy (non-hydrogen) atoms. The number of aryl methyl sites for hydroxylation is 1. The molecule has 0 amide bonds. The highest BCUT2D eigenvalue weighted by molar-refractivity contribution is 5.40. The number of nitrogens with zero attached hydrogens (tertiary/aromatic N) is 2. The quantitative estimate of drug-likeness (QED) is 0.879. The van der Waals surface area contributed by atoms with Crippen molar-refractivity contribution in [2.75, 3.05) is 6.54 Å². The molecular formula is C18H20N2O2. The molecule has 114 valence electrons. The lowest BCUT2D eigenvalue weighted by Crippen LogP contribution is -2.37. The lowest BCUT2D eigenvalue weighted by atomic mass is 10.0. The van der Waals surface area contributed by atoms with Crippen LogP contribution in [0.2, 0.25) is 0 Å². The molecule has 1 aromatic carbocycles. The van der Waals surface area contributed by atoms with Crippen molar-refractivity contribution in [2.45, 2.75) is 38.9 Å². The van der Waals surface area contributed by atoms with E-state index in [-0.39, 0.29) is 11.2 Å². The molecule has 2 heterocycles. The lowest BCUT2D eigenvalue weighted by molar-refractivity contribution is 0.153. The van der Waals surface area contributed by atoms with Gasteiger partial charge in [-0.05, 0) is 36.5 Å². The molecule has 2 aromatic rings. The van der Waals surface area contributed by atoms with Gasteiger partial charge in [-0.2, -0.15) is 0 Å². The molecule has 1 N–H and O–H groups in total. The molecule has 2 aliphatic rings. The standard InChI is InChI=1S/C18H20N2O2/c1-12-3-2-4-15-14(12)5-6-16(15)20-8-7-19-11-18(22)17(21)9-13(19)10-20/h2-4,9,11,16,22H,5-8,10H2,1H3. The van der Waals surface area contributed by atoms with Crippen molar-refractivity contribution in [2.24, 2.45) is 0 Å². The third kappa shape index (κ3) is 2.06. The second kappa shape index (κ2) is 4.99. The first-order chi connectivity index (χ1) is 10.6. The minimum atomic E-state index is -0.282. The van der Waals surface area contributed by atoms with Gasteiger partial charge in [-0.25, -0.2) is 0 Å². The van der Waals surface area contributed by atoms with E-state index in [2.05, 4.69) is 30.0 Å². The second-order valence-corrected chi connectivity index (χ2v) is 6.38. The fourth-order valence-corrected chi connectivity index (χ4v) is 3.93. The molecule has 4 nitrogen and oxygen atoms in total. The Morgan fingerprint density at radius 3 is 3.00 bits per heavy atom. The Kier molecular flexibility index (Phi) is 3.08. The molecule has 4 heteroatoms. The number of rotatable bonds is 1. The summed E-state index contributed by atoms with van der Waals surface area (Å²) >= 11 is 0. The first-order valence-corrected chi connectivity index (χ1v) is 7.88. The van der Waals surface area contributed by atoms with Gasteiger partial charge >= 0.3 is 0 Å². The zero-order valence-corrected chi connectivity index (χ0v) is 12.7. The molecule has 0 bridgehead atoms. The van der Waals surface area contributed by atoms with Gasteiger partial charge in [0.05, 0.1) is 6.20 Å². The van der Waals surface area contributed by atoms with Gasteiger partial charge in [0.1, 0.15) is 0 Å². The van der Waals surface area contributed by atoms with Gasteiger partial charge in [-0.3, -0.25) is 9.69 Å². The molecule has 1 aliphatic heterocycles. The smallest absolute Gasteiger partial charge is 0.223 e. The van der Waals surface area contributed by atoms with Crippen LogP contribution in [0.25, 0.3) is 0 Å². The second-order valence-electron chi connectivity index (χ2n) is 6.38. The molecule has 0 saturated heterocycles. The Morgan fingerprint density at radius 1 is 1.27 bits per heavy atom. The monoisotopic (exact) mass is 296 g/mol. The van der Waals surface area contributed by atoms with E-state index in [1.165, 1.54) is 16.7 Å². The van der Waals surface area contributed by atoms with Crippen molar-refractivity contribution in [1.82, 2.24) is 9.47 Å². The molecule has 0 fully saturated rings. The normalized spacial score (nSPS) is 20.7. The molecule has 0 radical (unpaired) electrons. The summed E-state index contributed by atoms with van der Waals surface area (Å²) in [4.78, 5) is 14.1. The van der Waals surface area contributed by atoms with Gasteiger partial charge in [0.2, 0.25) is 5.43 Å². The zero-order valence-electron chi connectivity index (χ0n) is 12.7. The van der Waals surface area contributed by atoms with Crippen LogP contribution in [0, 0.1) is 6.92 Å². The van der Waals surface area contributed by atoms with E-state index >= 15 is 0 Å². The third-order valence-electron chi connectivity index (χ3n) is 5.10. The van der Waals surface area contributed by atoms with E-state index in [1.54, 1.807) is 12.3 Å². The molecular weight excluding hydrogens is 276 g/mol. The topological polar surface area (TPSA) is 45.5 Å². The van der Waals surface area contributed by atoms with Crippen molar-refractivity contribution in [3.05, 3.63) is 63.1 Å². The Labute approximate surface area is 129 Å². The van der Waals surface area contributed by atoms with E-state index in [0.717, 1.165) is 38.2 Å². The predicted octanol–water partition coefficient (Wildman–Crippen LogP) is 2.37. The molecule has 1 atom stereocenters. The highest BCUT2D eigenvalue weighted by atomic mass is 16.3. The molecule has 1 unspecified atom stereocenters. The molecule has 1 aromatic heterocycles. The maximum atomic E-state index is 11.7. The van der Waals surface area contributed by atoms with Crippen LogP contribution in [0.15, 0.2) is 35.3 Å². The number of aromatic nitrogens is 1. The van der Waals surface area contributed by atoms with Crippen molar-refractivity contribution in [1.29, 1.82) is 0 Å². The third-order valence-corrected chi connectivity index (χ3v) is 5.10. The largest absolute Gasteiger partial charge is 0.503 e. The predicted molar refractivity (Wildman–Crippen MR) is 85.0 cm³/mol. The van der Waals surface area contributed by atoms with Crippen molar-refractivity contribution < 1.29 is 5.11 Å². The number of aromatic hydroxyl groups is 1. The van der Waals surface area contributed by atoms with Gasteiger partial charge in [0, 0.05) is 37.4 Å². The zero-order chi connectivity index (χ0) is 15.3. The lowest BCUT2D eigenvalue weighted by Gasteiger charge is -2.35. The van der Waals surface area contributed by atoms with Gasteiger partial charge in [-0.15, -0.1) is 0 Å². The van der Waals surface area contributed by atoms with Crippen LogP contribution < -0.4 is 5.43 Å². The number of pyridine rings is 1. The Hall–Kier alpha value is -2.07. The minimum absolute atomic E-state index is 0.154. The van der Waals surface area contributed by atoms with Gasteiger partial charge in [0.25, 0.3) is 0 Å². The van der Waals surface area contributed by atoms with Crippen molar-refractivity contribution >= 4 is 0 Å². The summed E-state index contributed by atoms with van der Waals surface area (Å²) < 4.78 is 2.00. The average Bonchev–Trinajstić information content (AvgIpc) is 2.93. The fourth-order valence-electron chi connectivity index (χ4n) is 3.93. The van der Waals surface area contributed by atoms with E-state index in [1.807, 2.05) is 4.57 Å². The Morgan fingerprint density at radius 2 is 2.14 bits per heavy atom. The summed E-state index contributed by atoms with van der Waals surface area (Å²) in [5.74, 6) is -0.154. The summed E-state index contributed by atoms with van der Waals surface area (Å²) in [5, 5.41) is 9.57. The molecule has 4 rings (SSSR count). The summed E-state index contributed by atoms with van der Waals surface area (Å²) in [7, 11) is 0. The summed E-state index contributed by atoms with van der Waals surface area (Å²) in [6.07, 6.45) is 3.87. The van der Waals surface area contributed by atoms with Crippen LogP contribution in [0.5, 0.6) is 5.75 Å². The summed E-state index contributed by atoms with van der Waals surface area (Å²) in [6.45, 7) is 4.73. The van der Waals surface area contributed by atoms with E-state index in [9.17, 15) is 9.90 Å². The van der Waals surface area contributed by atoms with E-state index in [4.69, 9.17) is 0 Å². The van der Waals surface area contributed by atoms with Crippen molar-refractivity contribution in [3.63, 3.8) is 0 Å². The summed E-state index contributed by atoms with van der Waals surface area (Å²) in [6, 6.07) is 8.61. The summed E-state index contributed by atoms with van der Waals surface area (Å²) in [5.41, 5.74) is 5.06. The first-order valence-electron chi connectivity index (χ1n) is 7.88. The Balaban J connectivity index is 1.66. The number of fused-ring (bicyclic) bond motifs is 2. The average molecular weight is 296 g/mol.